The van der Waals surface area contributed by atoms with Crippen molar-refractivity contribution in [3.05, 3.63) is 76.6 Å². The van der Waals surface area contributed by atoms with Crippen LogP contribution in [-0.4, -0.2) is 39.3 Å². The van der Waals surface area contributed by atoms with Crippen LogP contribution in [0, 0.1) is 12.7 Å². The highest BCUT2D eigenvalue weighted by Crippen LogP contribution is 2.39. The number of rotatable bonds is 8. The monoisotopic (exact) mass is 425 g/mol. The summed E-state index contributed by atoms with van der Waals surface area (Å²) in [4.78, 5) is 37.7. The number of carboxylic acids is 1. The van der Waals surface area contributed by atoms with Gasteiger partial charge in [0.2, 0.25) is 0 Å². The van der Waals surface area contributed by atoms with Crippen molar-refractivity contribution in [3.8, 4) is 0 Å². The molecule has 3 rings (SSSR count). The minimum atomic E-state index is -0.884. The smallest absolute Gasteiger partial charge is 0.303 e. The Morgan fingerprint density at radius 2 is 1.61 bits per heavy atom. The van der Waals surface area contributed by atoms with E-state index in [9.17, 15) is 23.9 Å². The fourth-order valence-corrected chi connectivity index (χ4v) is 3.70. The quantitative estimate of drug-likeness (QED) is 0.286. The highest BCUT2D eigenvalue weighted by atomic mass is 19.1. The predicted octanol–water partition coefficient (Wildman–Crippen LogP) is 4.20. The van der Waals surface area contributed by atoms with E-state index in [1.54, 1.807) is 24.3 Å². The number of aliphatic hydroxyl groups is 1. The van der Waals surface area contributed by atoms with Gasteiger partial charge < -0.3 is 15.1 Å². The molecule has 2 aromatic rings. The van der Waals surface area contributed by atoms with E-state index in [-0.39, 0.29) is 24.3 Å². The highest BCUT2D eigenvalue weighted by molar-refractivity contribution is 6.46. The molecule has 7 heteroatoms. The molecule has 1 amide bonds. The van der Waals surface area contributed by atoms with E-state index in [1.807, 2.05) is 6.92 Å². The largest absolute Gasteiger partial charge is 0.507 e. The highest BCUT2D eigenvalue weighted by Gasteiger charge is 2.45. The fourth-order valence-electron chi connectivity index (χ4n) is 3.70. The SMILES string of the molecule is Cc1ccc(C(O)=C2C(=O)C(=O)N(CCCCCC(=O)O)C2c2ccc(F)cc2)cc1. The van der Waals surface area contributed by atoms with Gasteiger partial charge in [0.05, 0.1) is 11.6 Å². The predicted molar refractivity (Wildman–Crippen MR) is 113 cm³/mol. The van der Waals surface area contributed by atoms with E-state index in [2.05, 4.69) is 0 Å². The zero-order valence-electron chi connectivity index (χ0n) is 17.2. The first-order chi connectivity index (χ1) is 14.8. The third-order valence-electron chi connectivity index (χ3n) is 5.34. The molecule has 0 bridgehead atoms. The minimum Gasteiger partial charge on any atom is -0.507 e. The Hall–Kier alpha value is -3.48. The minimum absolute atomic E-state index is 0.0353. The zero-order valence-corrected chi connectivity index (χ0v) is 17.2. The van der Waals surface area contributed by atoms with Crippen molar-refractivity contribution in [2.24, 2.45) is 0 Å². The van der Waals surface area contributed by atoms with Crippen molar-refractivity contribution in [2.45, 2.75) is 38.6 Å². The summed E-state index contributed by atoms with van der Waals surface area (Å²) in [6.07, 6.45) is 1.57. The molecule has 0 aromatic heterocycles. The second-order valence-corrected chi connectivity index (χ2v) is 7.61. The molecule has 1 aliphatic rings. The summed E-state index contributed by atoms with van der Waals surface area (Å²) in [6.45, 7) is 2.11. The van der Waals surface area contributed by atoms with Gasteiger partial charge in [-0.3, -0.25) is 14.4 Å². The maximum absolute atomic E-state index is 13.5. The number of amides is 1. The van der Waals surface area contributed by atoms with Gasteiger partial charge in [-0.2, -0.15) is 0 Å². The van der Waals surface area contributed by atoms with Crippen molar-refractivity contribution in [3.63, 3.8) is 0 Å². The number of nitrogens with zero attached hydrogens (tertiary/aromatic N) is 1. The van der Waals surface area contributed by atoms with Crippen LogP contribution < -0.4 is 0 Å². The number of benzene rings is 2. The van der Waals surface area contributed by atoms with Crippen LogP contribution >= 0.6 is 0 Å². The van der Waals surface area contributed by atoms with Crippen molar-refractivity contribution < 1.29 is 29.0 Å². The number of carboxylic acid groups (broad SMARTS) is 1. The average Bonchev–Trinajstić information content (AvgIpc) is 2.99. The Bertz CT molecular complexity index is 1010. The normalized spacial score (nSPS) is 17.9. The second-order valence-electron chi connectivity index (χ2n) is 7.61. The van der Waals surface area contributed by atoms with Gasteiger partial charge in [-0.25, -0.2) is 4.39 Å². The van der Waals surface area contributed by atoms with Crippen LogP contribution in [0.15, 0.2) is 54.1 Å². The van der Waals surface area contributed by atoms with Crippen molar-refractivity contribution in [2.75, 3.05) is 6.54 Å². The van der Waals surface area contributed by atoms with Gasteiger partial charge in [0.1, 0.15) is 11.6 Å². The number of aryl methyl sites for hydroxylation is 1. The molecule has 2 aromatic carbocycles. The fraction of sp³-hybridized carbons (Fsp3) is 0.292. The van der Waals surface area contributed by atoms with Gasteiger partial charge in [0.15, 0.2) is 0 Å². The molecular formula is C24H24FNO5. The van der Waals surface area contributed by atoms with Crippen LogP contribution in [0.2, 0.25) is 0 Å². The maximum atomic E-state index is 13.5. The number of hydrogen-bond donors (Lipinski definition) is 2. The Balaban J connectivity index is 1.96. The van der Waals surface area contributed by atoms with Gasteiger partial charge in [0, 0.05) is 18.5 Å². The molecular weight excluding hydrogens is 401 g/mol. The Labute approximate surface area is 179 Å². The molecule has 1 saturated heterocycles. The molecule has 1 atom stereocenters. The van der Waals surface area contributed by atoms with Crippen molar-refractivity contribution in [1.29, 1.82) is 0 Å². The van der Waals surface area contributed by atoms with Gasteiger partial charge in [-0.15, -0.1) is 0 Å². The zero-order chi connectivity index (χ0) is 22.5. The summed E-state index contributed by atoms with van der Waals surface area (Å²) < 4.78 is 13.5. The number of ketones is 1. The van der Waals surface area contributed by atoms with Gasteiger partial charge in [-0.1, -0.05) is 48.4 Å². The molecule has 0 saturated carbocycles. The maximum Gasteiger partial charge on any atom is 0.303 e. The molecule has 1 unspecified atom stereocenters. The topological polar surface area (TPSA) is 94.9 Å². The number of carbonyl (C=O) groups is 3. The first kappa shape index (κ1) is 22.2. The molecule has 1 aliphatic heterocycles. The average molecular weight is 425 g/mol. The number of Topliss-reactive ketones (excluding diaryl/α,β-unsaturated/α-hetero) is 1. The summed E-state index contributed by atoms with van der Waals surface area (Å²) in [5.41, 5.74) is 1.87. The van der Waals surface area contributed by atoms with E-state index in [0.29, 0.717) is 30.4 Å². The Morgan fingerprint density at radius 1 is 0.968 bits per heavy atom. The third-order valence-corrected chi connectivity index (χ3v) is 5.34. The van der Waals surface area contributed by atoms with Crippen LogP contribution in [-0.2, 0) is 14.4 Å². The molecule has 162 valence electrons. The lowest BCUT2D eigenvalue weighted by atomic mass is 9.95. The number of hydrogen-bond acceptors (Lipinski definition) is 4. The number of carbonyl (C=O) groups excluding carboxylic acids is 2. The van der Waals surface area contributed by atoms with Crippen LogP contribution in [0.3, 0.4) is 0 Å². The van der Waals surface area contributed by atoms with E-state index in [0.717, 1.165) is 5.56 Å². The lowest BCUT2D eigenvalue weighted by Crippen LogP contribution is -2.30. The standard InChI is InChI=1S/C24H24FNO5/c1-15-6-8-17(9-7-15)22(29)20-21(16-10-12-18(25)13-11-16)26(24(31)23(20)30)14-4-2-3-5-19(27)28/h6-13,21,29H,2-5,14H2,1H3,(H,27,28). The molecule has 1 heterocycles. The molecule has 0 spiro atoms. The molecule has 2 N–H and O–H groups in total. The van der Waals surface area contributed by atoms with Gasteiger partial charge >= 0.3 is 5.97 Å². The van der Waals surface area contributed by atoms with E-state index in [1.165, 1.54) is 29.2 Å². The van der Waals surface area contributed by atoms with Gasteiger partial charge in [-0.05, 0) is 37.5 Å². The number of likely N-dealkylation sites (tertiary alicyclic amines) is 1. The number of unbranched alkanes of at least 4 members (excludes halogenated alkanes) is 2. The lowest BCUT2D eigenvalue weighted by Gasteiger charge is -2.25. The molecule has 0 aliphatic carbocycles. The first-order valence-electron chi connectivity index (χ1n) is 10.1. The number of halogens is 1. The molecule has 6 nitrogen and oxygen atoms in total. The van der Waals surface area contributed by atoms with Crippen LogP contribution in [0.1, 0.15) is 48.4 Å². The summed E-state index contributed by atoms with van der Waals surface area (Å²) in [6, 6.07) is 11.6. The Morgan fingerprint density at radius 3 is 2.23 bits per heavy atom. The van der Waals surface area contributed by atoms with Crippen molar-refractivity contribution >= 4 is 23.4 Å². The second kappa shape index (κ2) is 9.55. The summed E-state index contributed by atoms with van der Waals surface area (Å²) >= 11 is 0. The number of aliphatic hydroxyl groups excluding tert-OH is 1. The van der Waals surface area contributed by atoms with Crippen LogP contribution in [0.4, 0.5) is 4.39 Å². The summed E-state index contributed by atoms with van der Waals surface area (Å²) in [5, 5.41) is 19.7. The number of aliphatic carboxylic acids is 1. The molecule has 31 heavy (non-hydrogen) atoms. The Kier molecular flexibility index (Phi) is 6.84. The van der Waals surface area contributed by atoms with Crippen LogP contribution in [0.5, 0.6) is 0 Å². The van der Waals surface area contributed by atoms with Gasteiger partial charge in [0.25, 0.3) is 11.7 Å². The van der Waals surface area contributed by atoms with E-state index < -0.39 is 29.5 Å². The summed E-state index contributed by atoms with van der Waals surface area (Å²) in [7, 11) is 0. The molecule has 1 fully saturated rings. The molecule has 0 radical (unpaired) electrons. The lowest BCUT2D eigenvalue weighted by molar-refractivity contribution is -0.140. The van der Waals surface area contributed by atoms with E-state index >= 15 is 0 Å². The first-order valence-corrected chi connectivity index (χ1v) is 10.1. The summed E-state index contributed by atoms with van der Waals surface area (Å²) in [5.74, 6) is -3.14. The van der Waals surface area contributed by atoms with E-state index in [4.69, 9.17) is 5.11 Å². The van der Waals surface area contributed by atoms with Crippen LogP contribution in [0.25, 0.3) is 5.76 Å². The third kappa shape index (κ3) is 4.99. The van der Waals surface area contributed by atoms with Crippen molar-refractivity contribution in [1.82, 2.24) is 4.90 Å².